The first kappa shape index (κ1) is 14.1. The maximum absolute atomic E-state index is 12.0. The van der Waals surface area contributed by atoms with Crippen molar-refractivity contribution < 1.29 is 28.1 Å². The van der Waals surface area contributed by atoms with Crippen LogP contribution in [0.5, 0.6) is 5.75 Å². The van der Waals surface area contributed by atoms with Gasteiger partial charge in [0.15, 0.2) is 6.10 Å². The predicted octanol–water partition coefficient (Wildman–Crippen LogP) is 2.13. The first-order valence-electron chi connectivity index (χ1n) is 4.61. The van der Waals surface area contributed by atoms with E-state index in [0.717, 1.165) is 0 Å². The molecule has 1 unspecified atom stereocenters. The molecule has 1 rings (SSSR count). The normalized spacial score (nSPS) is 13.5. The van der Waals surface area contributed by atoms with Crippen LogP contribution in [0.15, 0.2) is 18.2 Å². The van der Waals surface area contributed by atoms with E-state index < -0.39 is 25.5 Å². The molecular formula is C10H10ClF3O3. The Morgan fingerprint density at radius 3 is 2.53 bits per heavy atom. The fourth-order valence-corrected chi connectivity index (χ4v) is 1.27. The van der Waals surface area contributed by atoms with E-state index in [4.69, 9.17) is 26.6 Å². The van der Waals surface area contributed by atoms with Crippen LogP contribution in [0.1, 0.15) is 5.56 Å². The van der Waals surface area contributed by atoms with Crippen LogP contribution in [0, 0.1) is 0 Å². The second kappa shape index (κ2) is 5.57. The minimum absolute atomic E-state index is 0.0557. The Bertz CT molecular complexity index is 382. The van der Waals surface area contributed by atoms with E-state index in [-0.39, 0.29) is 11.3 Å². The number of rotatable bonds is 4. The second-order valence-corrected chi connectivity index (χ2v) is 3.72. The molecule has 0 fully saturated rings. The van der Waals surface area contributed by atoms with Gasteiger partial charge in [-0.2, -0.15) is 13.2 Å². The van der Waals surface area contributed by atoms with Crippen LogP contribution in [-0.4, -0.2) is 29.1 Å². The van der Waals surface area contributed by atoms with Gasteiger partial charge in [0.1, 0.15) is 12.4 Å². The van der Waals surface area contributed by atoms with Crippen LogP contribution in [0.25, 0.3) is 0 Å². The van der Waals surface area contributed by atoms with Crippen LogP contribution in [0.2, 0.25) is 5.02 Å². The highest BCUT2D eigenvalue weighted by molar-refractivity contribution is 6.30. The molecule has 0 spiro atoms. The Kier molecular flexibility index (Phi) is 4.62. The highest BCUT2D eigenvalue weighted by Crippen LogP contribution is 2.25. The van der Waals surface area contributed by atoms with Crippen LogP contribution < -0.4 is 4.74 Å². The monoisotopic (exact) mass is 270 g/mol. The van der Waals surface area contributed by atoms with Crippen LogP contribution >= 0.6 is 11.6 Å². The van der Waals surface area contributed by atoms with E-state index in [1.807, 2.05) is 0 Å². The number of hydrogen-bond acceptors (Lipinski definition) is 3. The van der Waals surface area contributed by atoms with Gasteiger partial charge in [-0.05, 0) is 18.2 Å². The smallest absolute Gasteiger partial charge is 0.417 e. The number of ether oxygens (including phenoxy) is 1. The highest BCUT2D eigenvalue weighted by atomic mass is 35.5. The minimum atomic E-state index is -4.73. The molecule has 1 atom stereocenters. The molecule has 0 radical (unpaired) electrons. The average Bonchev–Trinajstić information content (AvgIpc) is 2.25. The number of halogens is 4. The summed E-state index contributed by atoms with van der Waals surface area (Å²) in [5.41, 5.74) is 0.256. The number of benzene rings is 1. The number of alkyl halides is 3. The fraction of sp³-hybridized carbons (Fsp3) is 0.400. The van der Waals surface area contributed by atoms with Crippen molar-refractivity contribution in [1.29, 1.82) is 0 Å². The lowest BCUT2D eigenvalue weighted by atomic mass is 10.2. The lowest BCUT2D eigenvalue weighted by Crippen LogP contribution is -2.34. The van der Waals surface area contributed by atoms with E-state index in [2.05, 4.69) is 0 Å². The molecule has 0 heterocycles. The number of aliphatic hydroxyl groups excluding tert-OH is 2. The fourth-order valence-electron chi connectivity index (χ4n) is 1.08. The van der Waals surface area contributed by atoms with Crippen molar-refractivity contribution in [3.63, 3.8) is 0 Å². The van der Waals surface area contributed by atoms with Gasteiger partial charge in [0.2, 0.25) is 0 Å². The molecule has 96 valence electrons. The van der Waals surface area contributed by atoms with Gasteiger partial charge in [0.05, 0.1) is 6.61 Å². The summed E-state index contributed by atoms with van der Waals surface area (Å²) in [5, 5.41) is 18.0. The molecule has 0 aliphatic rings. The Balaban J connectivity index is 2.69. The van der Waals surface area contributed by atoms with Gasteiger partial charge < -0.3 is 14.9 Å². The summed E-state index contributed by atoms with van der Waals surface area (Å²) < 4.78 is 40.8. The molecule has 17 heavy (non-hydrogen) atoms. The molecule has 3 nitrogen and oxygen atoms in total. The number of aliphatic hydroxyl groups is 2. The summed E-state index contributed by atoms with van der Waals surface area (Å²) in [4.78, 5) is 0. The molecule has 0 aliphatic heterocycles. The largest absolute Gasteiger partial charge is 0.490 e. The molecule has 7 heteroatoms. The second-order valence-electron chi connectivity index (χ2n) is 3.28. The van der Waals surface area contributed by atoms with Crippen molar-refractivity contribution in [2.45, 2.75) is 18.9 Å². The molecule has 2 N–H and O–H groups in total. The van der Waals surface area contributed by atoms with E-state index in [1.54, 1.807) is 0 Å². The molecule has 0 aromatic heterocycles. The topological polar surface area (TPSA) is 49.7 Å². The van der Waals surface area contributed by atoms with Crippen molar-refractivity contribution in [3.8, 4) is 5.75 Å². The minimum Gasteiger partial charge on any atom is -0.490 e. The third kappa shape index (κ3) is 4.07. The molecule has 0 amide bonds. The third-order valence-corrected chi connectivity index (χ3v) is 2.20. The molecular weight excluding hydrogens is 261 g/mol. The van der Waals surface area contributed by atoms with E-state index in [0.29, 0.717) is 5.02 Å². The summed E-state index contributed by atoms with van der Waals surface area (Å²) in [5.74, 6) is 0.0557. The molecule has 1 aromatic rings. The Morgan fingerprint density at radius 1 is 1.35 bits per heavy atom. The summed E-state index contributed by atoms with van der Waals surface area (Å²) in [7, 11) is 0. The van der Waals surface area contributed by atoms with Gasteiger partial charge in [0.25, 0.3) is 0 Å². The maximum atomic E-state index is 12.0. The first-order chi connectivity index (χ1) is 7.84. The van der Waals surface area contributed by atoms with Crippen LogP contribution in [-0.2, 0) is 6.61 Å². The molecule has 1 aromatic carbocycles. The molecule has 0 aliphatic carbocycles. The predicted molar refractivity (Wildman–Crippen MR) is 54.9 cm³/mol. The highest BCUT2D eigenvalue weighted by Gasteiger charge is 2.38. The maximum Gasteiger partial charge on any atom is 0.417 e. The van der Waals surface area contributed by atoms with Crippen molar-refractivity contribution in [1.82, 2.24) is 0 Å². The van der Waals surface area contributed by atoms with Gasteiger partial charge >= 0.3 is 6.18 Å². The number of hydrogen-bond donors (Lipinski definition) is 2. The zero-order valence-corrected chi connectivity index (χ0v) is 9.29. The first-order valence-corrected chi connectivity index (χ1v) is 4.99. The van der Waals surface area contributed by atoms with Gasteiger partial charge in [-0.15, -0.1) is 0 Å². The quantitative estimate of drug-likeness (QED) is 0.881. The summed E-state index contributed by atoms with van der Waals surface area (Å²) >= 11 is 5.63. The van der Waals surface area contributed by atoms with Gasteiger partial charge in [-0.1, -0.05) is 11.6 Å². The molecule has 0 saturated heterocycles. The van der Waals surface area contributed by atoms with Crippen molar-refractivity contribution in [3.05, 3.63) is 28.8 Å². The molecule has 0 saturated carbocycles. The van der Waals surface area contributed by atoms with E-state index in [9.17, 15) is 13.2 Å². The van der Waals surface area contributed by atoms with Crippen LogP contribution in [0.4, 0.5) is 13.2 Å². The SMILES string of the molecule is OCc1cc(Cl)ccc1OCC(O)C(F)(F)F. The van der Waals surface area contributed by atoms with E-state index >= 15 is 0 Å². The van der Waals surface area contributed by atoms with Crippen molar-refractivity contribution in [2.75, 3.05) is 6.61 Å². The Labute approximate surface area is 100 Å². The summed E-state index contributed by atoms with van der Waals surface area (Å²) in [6, 6.07) is 4.11. The van der Waals surface area contributed by atoms with Gasteiger partial charge in [-0.25, -0.2) is 0 Å². The summed E-state index contributed by atoms with van der Waals surface area (Å²) in [6.45, 7) is -1.35. The Hall–Kier alpha value is -0.980. The van der Waals surface area contributed by atoms with Gasteiger partial charge in [-0.3, -0.25) is 0 Å². The zero-order valence-electron chi connectivity index (χ0n) is 8.54. The average molecular weight is 271 g/mol. The standard InChI is InChI=1S/C10H10ClF3O3/c11-7-1-2-8(6(3-7)4-15)17-5-9(16)10(12,13)14/h1-3,9,15-16H,4-5H2. The van der Waals surface area contributed by atoms with Crippen molar-refractivity contribution >= 4 is 11.6 Å². The lowest BCUT2D eigenvalue weighted by Gasteiger charge is -2.16. The van der Waals surface area contributed by atoms with E-state index in [1.165, 1.54) is 18.2 Å². The Morgan fingerprint density at radius 2 is 2.00 bits per heavy atom. The van der Waals surface area contributed by atoms with Crippen molar-refractivity contribution in [2.24, 2.45) is 0 Å². The zero-order chi connectivity index (χ0) is 13.1. The third-order valence-electron chi connectivity index (χ3n) is 1.97. The van der Waals surface area contributed by atoms with Crippen LogP contribution in [0.3, 0.4) is 0 Å². The summed E-state index contributed by atoms with van der Waals surface area (Å²) in [6.07, 6.45) is -7.30. The molecule has 0 bridgehead atoms. The van der Waals surface area contributed by atoms with Gasteiger partial charge in [0, 0.05) is 10.6 Å². The lowest BCUT2D eigenvalue weighted by molar-refractivity contribution is -0.210.